The summed E-state index contributed by atoms with van der Waals surface area (Å²) in [5.74, 6) is 0.0470. The van der Waals surface area contributed by atoms with E-state index >= 15 is 0 Å². The molecule has 0 fully saturated rings. The molecule has 0 unspecified atom stereocenters. The maximum absolute atomic E-state index is 13.6. The summed E-state index contributed by atoms with van der Waals surface area (Å²) in [6.45, 7) is 0.335. The van der Waals surface area contributed by atoms with E-state index in [-0.39, 0.29) is 17.6 Å². The van der Waals surface area contributed by atoms with Crippen LogP contribution in [-0.2, 0) is 13.0 Å². The maximum atomic E-state index is 13.6. The molecule has 2 N–H and O–H groups in total. The third-order valence-electron chi connectivity index (χ3n) is 6.26. The van der Waals surface area contributed by atoms with E-state index in [1.165, 1.54) is 4.57 Å². The Morgan fingerprint density at radius 1 is 0.903 bits per heavy atom. The van der Waals surface area contributed by atoms with Gasteiger partial charge in [-0.15, -0.1) is 0 Å². The van der Waals surface area contributed by atoms with Gasteiger partial charge in [0, 0.05) is 23.0 Å². The Balaban J connectivity index is 1.60. The quantitative estimate of drug-likeness (QED) is 0.456. The Kier molecular flexibility index (Phi) is 3.90. The van der Waals surface area contributed by atoms with Gasteiger partial charge in [-0.25, -0.2) is 4.79 Å². The molecule has 0 saturated heterocycles. The van der Waals surface area contributed by atoms with E-state index in [2.05, 4.69) is 17.1 Å². The number of nitrogens with zero attached hydrogens (tertiary/aromatic N) is 2. The number of benzene rings is 3. The van der Waals surface area contributed by atoms with Crippen molar-refractivity contribution < 1.29 is 5.11 Å². The highest BCUT2D eigenvalue weighted by Gasteiger charge is 2.35. The molecule has 0 aliphatic carbocycles. The highest BCUT2D eigenvalue weighted by molar-refractivity contribution is 5.86. The van der Waals surface area contributed by atoms with Crippen molar-refractivity contribution in [1.29, 1.82) is 0 Å². The molecule has 2 aromatic heterocycles. The highest BCUT2D eigenvalue weighted by atomic mass is 16.3. The molecule has 6 rings (SSSR count). The number of aromatic hydroxyl groups is 1. The number of imidazole rings is 1. The number of para-hydroxylation sites is 1. The summed E-state index contributed by atoms with van der Waals surface area (Å²) >= 11 is 0. The van der Waals surface area contributed by atoms with Gasteiger partial charge in [0.2, 0.25) is 5.88 Å². The van der Waals surface area contributed by atoms with E-state index in [0.29, 0.717) is 18.7 Å². The fraction of sp³-hybridized carbons (Fsp3) is 0.115. The van der Waals surface area contributed by atoms with Gasteiger partial charge < -0.3 is 10.1 Å². The van der Waals surface area contributed by atoms with Crippen molar-refractivity contribution in [1.82, 2.24) is 14.1 Å². The van der Waals surface area contributed by atoms with E-state index in [1.54, 1.807) is 4.57 Å². The van der Waals surface area contributed by atoms with Crippen LogP contribution in [0.1, 0.15) is 34.1 Å². The van der Waals surface area contributed by atoms with Crippen LogP contribution in [0.4, 0.5) is 0 Å². The van der Waals surface area contributed by atoms with Crippen molar-refractivity contribution in [2.75, 3.05) is 0 Å². The summed E-state index contributed by atoms with van der Waals surface area (Å²) in [6.07, 6.45) is 0.505. The summed E-state index contributed by atoms with van der Waals surface area (Å²) in [6, 6.07) is 27.6. The summed E-state index contributed by atoms with van der Waals surface area (Å²) in [7, 11) is 0. The first-order valence-corrected chi connectivity index (χ1v) is 10.4. The van der Waals surface area contributed by atoms with Crippen molar-refractivity contribution in [2.24, 2.45) is 0 Å². The minimum Gasteiger partial charge on any atom is -0.493 e. The number of aromatic nitrogens is 3. The molecule has 5 nitrogen and oxygen atoms in total. The van der Waals surface area contributed by atoms with E-state index in [9.17, 15) is 9.90 Å². The van der Waals surface area contributed by atoms with Crippen LogP contribution in [0.5, 0.6) is 5.88 Å². The first-order chi connectivity index (χ1) is 15.2. The zero-order chi connectivity index (χ0) is 20.9. The Morgan fingerprint density at radius 3 is 2.35 bits per heavy atom. The molecule has 5 heteroatoms. The number of hydrogen-bond acceptors (Lipinski definition) is 2. The third-order valence-corrected chi connectivity index (χ3v) is 6.26. The van der Waals surface area contributed by atoms with Crippen molar-refractivity contribution in [2.45, 2.75) is 19.0 Å². The standard InChI is InChI=1S/C26H21N3O2/c30-25-22-15-20-19-13-7-8-14-21(19)27-23(20)24(18-11-5-2-6-12-18)29(22)26(31)28(25)16-17-9-3-1-4-10-17/h1-14,24,27,30H,15-16H2/t24-/m0/s1. The van der Waals surface area contributed by atoms with E-state index in [4.69, 9.17) is 0 Å². The molecule has 0 saturated carbocycles. The molecule has 1 atom stereocenters. The lowest BCUT2D eigenvalue weighted by Crippen LogP contribution is -2.32. The van der Waals surface area contributed by atoms with Gasteiger partial charge in [-0.3, -0.25) is 9.13 Å². The Labute approximate surface area is 178 Å². The smallest absolute Gasteiger partial charge is 0.332 e. The molecule has 1 aliphatic rings. The first kappa shape index (κ1) is 17.8. The zero-order valence-electron chi connectivity index (χ0n) is 16.8. The monoisotopic (exact) mass is 407 g/mol. The van der Waals surface area contributed by atoms with Crippen molar-refractivity contribution in [3.8, 4) is 5.88 Å². The summed E-state index contributed by atoms with van der Waals surface area (Å²) in [4.78, 5) is 17.2. The fourth-order valence-corrected chi connectivity index (χ4v) is 4.83. The van der Waals surface area contributed by atoms with Crippen LogP contribution < -0.4 is 5.69 Å². The molecular formula is C26H21N3O2. The van der Waals surface area contributed by atoms with Gasteiger partial charge in [0.25, 0.3) is 0 Å². The lowest BCUT2D eigenvalue weighted by Gasteiger charge is -2.25. The third kappa shape index (κ3) is 2.66. The van der Waals surface area contributed by atoms with Crippen LogP contribution in [0.2, 0.25) is 0 Å². The lowest BCUT2D eigenvalue weighted by atomic mass is 9.93. The minimum atomic E-state index is -0.317. The van der Waals surface area contributed by atoms with Gasteiger partial charge in [0.15, 0.2) is 0 Å². The average molecular weight is 407 g/mol. The Morgan fingerprint density at radius 2 is 1.58 bits per heavy atom. The SMILES string of the molecule is O=c1n(Cc2ccccc2)c(O)c2n1[C@@H](c1ccccc1)c1[nH]c3ccccc3c1C2. The Bertz CT molecular complexity index is 1460. The molecule has 1 aliphatic heterocycles. The van der Waals surface area contributed by atoms with Crippen LogP contribution in [-0.4, -0.2) is 19.2 Å². The van der Waals surface area contributed by atoms with Crippen LogP contribution in [0.15, 0.2) is 89.7 Å². The van der Waals surface area contributed by atoms with Crippen LogP contribution in [0.25, 0.3) is 10.9 Å². The number of aromatic amines is 1. The molecule has 0 spiro atoms. The van der Waals surface area contributed by atoms with Gasteiger partial charge in [-0.05, 0) is 22.8 Å². The van der Waals surface area contributed by atoms with E-state index in [0.717, 1.165) is 33.3 Å². The van der Waals surface area contributed by atoms with Gasteiger partial charge in [-0.2, -0.15) is 0 Å². The summed E-state index contributed by atoms with van der Waals surface area (Å²) < 4.78 is 3.24. The predicted molar refractivity (Wildman–Crippen MR) is 121 cm³/mol. The van der Waals surface area contributed by atoms with E-state index < -0.39 is 0 Å². The van der Waals surface area contributed by atoms with Crippen LogP contribution in [0, 0.1) is 0 Å². The fourth-order valence-electron chi connectivity index (χ4n) is 4.83. The number of hydrogen-bond donors (Lipinski definition) is 2. The van der Waals surface area contributed by atoms with Gasteiger partial charge >= 0.3 is 5.69 Å². The molecule has 5 aromatic rings. The molecule has 0 bridgehead atoms. The molecule has 152 valence electrons. The topological polar surface area (TPSA) is 63.0 Å². The minimum absolute atomic E-state index is 0.0470. The second-order valence-corrected chi connectivity index (χ2v) is 8.05. The highest BCUT2D eigenvalue weighted by Crippen LogP contribution is 2.40. The number of fused-ring (bicyclic) bond motifs is 4. The molecule has 0 radical (unpaired) electrons. The predicted octanol–water partition coefficient (Wildman–Crippen LogP) is 4.43. The maximum Gasteiger partial charge on any atom is 0.332 e. The molecule has 31 heavy (non-hydrogen) atoms. The second kappa shape index (κ2) is 6.77. The van der Waals surface area contributed by atoms with Gasteiger partial charge in [0.1, 0.15) is 6.04 Å². The normalized spacial score (nSPS) is 15.0. The number of rotatable bonds is 3. The lowest BCUT2D eigenvalue weighted by molar-refractivity contribution is 0.416. The number of H-pyrrole nitrogens is 1. The first-order valence-electron chi connectivity index (χ1n) is 10.4. The van der Waals surface area contributed by atoms with Crippen LogP contribution in [0.3, 0.4) is 0 Å². The van der Waals surface area contributed by atoms with Crippen LogP contribution >= 0.6 is 0 Å². The van der Waals surface area contributed by atoms with Gasteiger partial charge in [0.05, 0.1) is 12.2 Å². The summed E-state index contributed by atoms with van der Waals surface area (Å²) in [5.41, 5.74) is 5.64. The summed E-state index contributed by atoms with van der Waals surface area (Å²) in [5, 5.41) is 12.3. The van der Waals surface area contributed by atoms with Crippen molar-refractivity contribution in [3.63, 3.8) is 0 Å². The molecular weight excluding hydrogens is 386 g/mol. The largest absolute Gasteiger partial charge is 0.493 e. The van der Waals surface area contributed by atoms with Crippen molar-refractivity contribution >= 4 is 10.9 Å². The Hall–Kier alpha value is -3.99. The molecule has 0 amide bonds. The molecule has 3 heterocycles. The second-order valence-electron chi connectivity index (χ2n) is 8.05. The number of nitrogens with one attached hydrogen (secondary N) is 1. The van der Waals surface area contributed by atoms with Gasteiger partial charge in [-0.1, -0.05) is 78.9 Å². The average Bonchev–Trinajstić information content (AvgIpc) is 3.30. The molecule has 3 aromatic carbocycles. The van der Waals surface area contributed by atoms with Crippen molar-refractivity contribution in [3.05, 3.63) is 123 Å². The zero-order valence-corrected chi connectivity index (χ0v) is 16.8. The van der Waals surface area contributed by atoms with E-state index in [1.807, 2.05) is 72.8 Å².